The van der Waals surface area contributed by atoms with Crippen molar-refractivity contribution >= 4 is 49.3 Å². The van der Waals surface area contributed by atoms with Gasteiger partial charge in [0.25, 0.3) is 0 Å². The van der Waals surface area contributed by atoms with Gasteiger partial charge in [-0.2, -0.15) is 18.4 Å². The molecule has 0 amide bonds. The minimum Gasteiger partial charge on any atom is -0.308 e. The second-order valence-corrected chi connectivity index (χ2v) is 17.1. The van der Waals surface area contributed by atoms with Crippen LogP contribution in [0.1, 0.15) is 11.1 Å². The lowest BCUT2D eigenvalue weighted by Gasteiger charge is -2.19. The van der Waals surface area contributed by atoms with Crippen LogP contribution < -0.4 is 0 Å². The van der Waals surface area contributed by atoms with E-state index >= 15 is 0 Å². The smallest absolute Gasteiger partial charge is 0.308 e. The summed E-state index contributed by atoms with van der Waals surface area (Å²) in [6.45, 7) is 7.81. The van der Waals surface area contributed by atoms with Gasteiger partial charge in [-0.25, -0.2) is 14.8 Å². The van der Waals surface area contributed by atoms with Gasteiger partial charge in [0, 0.05) is 49.4 Å². The van der Waals surface area contributed by atoms with Gasteiger partial charge in [0.1, 0.15) is 11.6 Å². The Morgan fingerprint density at radius 1 is 0.414 bits per heavy atom. The van der Waals surface area contributed by atoms with Gasteiger partial charge in [-0.3, -0.25) is 0 Å². The number of pyridine rings is 2. The third kappa shape index (κ3) is 7.13. The highest BCUT2D eigenvalue weighted by Gasteiger charge is 2.32. The Balaban J connectivity index is 1.12. The van der Waals surface area contributed by atoms with Crippen LogP contribution in [0, 0.1) is 17.9 Å². The van der Waals surface area contributed by atoms with Crippen molar-refractivity contribution in [2.75, 3.05) is 0 Å². The molecule has 12 rings (SSSR count). The van der Waals surface area contributed by atoms with Crippen molar-refractivity contribution in [2.24, 2.45) is 0 Å². The van der Waals surface area contributed by atoms with E-state index in [1.165, 1.54) is 6.07 Å². The molecule has 4 aromatic heterocycles. The molecule has 8 aromatic carbocycles. The van der Waals surface area contributed by atoms with E-state index in [0.29, 0.717) is 22.5 Å². The van der Waals surface area contributed by atoms with Gasteiger partial charge in [-0.1, -0.05) is 121 Å². The number of nitrogens with zero attached hydrogens (tertiary/aromatic N) is 6. The molecule has 0 aliphatic carbocycles. The summed E-state index contributed by atoms with van der Waals surface area (Å²) in [6.07, 6.45) is -4.71. The molecule has 0 aliphatic heterocycles. The average molecular weight is 909 g/mol. The van der Waals surface area contributed by atoms with Crippen LogP contribution in [0.3, 0.4) is 0 Å². The van der Waals surface area contributed by atoms with Crippen molar-refractivity contribution in [2.45, 2.75) is 6.18 Å². The molecule has 6 nitrogen and oxygen atoms in total. The standard InChI is InChI=1S/C61H35F3N6/c1-66-45-31-42(30-44(36-45)61(62,63)64)43-34-59(69-55-24-10-8-18-46(55)48-32-40(26-28-57(48)69)53-22-12-20-51(67-53)38-14-4-2-5-15-38)50(37-65)60(35-43)70-56-25-11-9-19-47(56)49-33-41(27-29-58(49)70)54-23-13-21-52(68-54)39-16-6-3-7-17-39/h2-36H. The van der Waals surface area contributed by atoms with Crippen molar-refractivity contribution < 1.29 is 13.2 Å². The number of hydrogen-bond acceptors (Lipinski definition) is 3. The van der Waals surface area contributed by atoms with Crippen molar-refractivity contribution in [3.8, 4) is 73.6 Å². The lowest BCUT2D eigenvalue weighted by Crippen LogP contribution is -2.06. The first kappa shape index (κ1) is 41.8. The van der Waals surface area contributed by atoms with E-state index in [-0.39, 0.29) is 11.3 Å². The van der Waals surface area contributed by atoms with Crippen LogP contribution in [0.5, 0.6) is 0 Å². The van der Waals surface area contributed by atoms with Crippen LogP contribution in [0.25, 0.3) is 116 Å². The largest absolute Gasteiger partial charge is 0.415 e. The summed E-state index contributed by atoms with van der Waals surface area (Å²) in [5, 5.41) is 15.2. The number of rotatable bonds is 7. The number of alkyl halides is 3. The topological polar surface area (TPSA) is 63.8 Å². The van der Waals surface area contributed by atoms with Crippen LogP contribution in [-0.4, -0.2) is 19.1 Å². The molecule has 0 atom stereocenters. The van der Waals surface area contributed by atoms with E-state index < -0.39 is 11.7 Å². The normalized spacial score (nSPS) is 11.6. The van der Waals surface area contributed by atoms with Crippen LogP contribution in [0.4, 0.5) is 18.9 Å². The number of benzene rings is 8. The van der Waals surface area contributed by atoms with Crippen molar-refractivity contribution in [3.63, 3.8) is 0 Å². The molecule has 70 heavy (non-hydrogen) atoms. The van der Waals surface area contributed by atoms with E-state index in [9.17, 15) is 18.4 Å². The van der Waals surface area contributed by atoms with Gasteiger partial charge in [0.05, 0.1) is 62.8 Å². The fourth-order valence-electron chi connectivity index (χ4n) is 9.77. The third-order valence-corrected chi connectivity index (χ3v) is 13.0. The Morgan fingerprint density at radius 3 is 1.30 bits per heavy atom. The SMILES string of the molecule is [C-]#[N+]c1cc(-c2cc(-n3c4ccccc4c4cc(-c5cccc(-c6ccccc6)n5)ccc43)c(C#N)c(-n3c4ccccc4c4cc(-c5cccc(-c6ccccc6)n5)ccc43)c2)cc(C(F)(F)F)c1. The summed E-state index contributed by atoms with van der Waals surface area (Å²) < 4.78 is 47.8. The third-order valence-electron chi connectivity index (χ3n) is 13.0. The molecule has 0 unspecified atom stereocenters. The van der Waals surface area contributed by atoms with E-state index in [1.54, 1.807) is 12.1 Å². The monoisotopic (exact) mass is 908 g/mol. The molecule has 9 heteroatoms. The van der Waals surface area contributed by atoms with E-state index in [2.05, 4.69) is 23.0 Å². The number of aromatic nitrogens is 4. The summed E-state index contributed by atoms with van der Waals surface area (Å²) in [5.74, 6) is 0. The van der Waals surface area contributed by atoms with E-state index in [0.717, 1.165) is 101 Å². The highest BCUT2D eigenvalue weighted by atomic mass is 19.4. The Bertz CT molecular complexity index is 3920. The first-order valence-corrected chi connectivity index (χ1v) is 22.6. The fraction of sp³-hybridized carbons (Fsp3) is 0.0164. The van der Waals surface area contributed by atoms with Crippen LogP contribution in [0.2, 0.25) is 0 Å². The van der Waals surface area contributed by atoms with Gasteiger partial charge in [0.2, 0.25) is 0 Å². The lowest BCUT2D eigenvalue weighted by atomic mass is 9.97. The zero-order valence-electron chi connectivity index (χ0n) is 37.0. The number of halogens is 3. The average Bonchev–Trinajstić information content (AvgIpc) is 3.92. The second kappa shape index (κ2) is 16.6. The molecule has 0 N–H and O–H groups in total. The summed E-state index contributed by atoms with van der Waals surface area (Å²) in [6, 6.07) is 69.5. The fourth-order valence-corrected chi connectivity index (χ4v) is 9.77. The minimum absolute atomic E-state index is 0.152. The Hall–Kier alpha value is -9.57. The molecular weight excluding hydrogens is 874 g/mol. The maximum atomic E-state index is 14.6. The molecule has 4 heterocycles. The lowest BCUT2D eigenvalue weighted by molar-refractivity contribution is -0.137. The number of hydrogen-bond donors (Lipinski definition) is 0. The molecule has 12 aromatic rings. The van der Waals surface area contributed by atoms with Crippen LogP contribution in [0.15, 0.2) is 212 Å². The summed E-state index contributed by atoms with van der Waals surface area (Å²) in [7, 11) is 0. The van der Waals surface area contributed by atoms with Crippen molar-refractivity contribution in [1.29, 1.82) is 5.26 Å². The van der Waals surface area contributed by atoms with Gasteiger partial charge in [0.15, 0.2) is 5.69 Å². The molecule has 330 valence electrons. The van der Waals surface area contributed by atoms with Crippen molar-refractivity contribution in [3.05, 3.63) is 235 Å². The van der Waals surface area contributed by atoms with Crippen LogP contribution >= 0.6 is 0 Å². The van der Waals surface area contributed by atoms with E-state index in [1.807, 2.05) is 179 Å². The highest BCUT2D eigenvalue weighted by Crippen LogP contribution is 2.43. The Labute approximate surface area is 399 Å². The van der Waals surface area contributed by atoms with Gasteiger partial charge >= 0.3 is 6.18 Å². The predicted molar refractivity (Wildman–Crippen MR) is 274 cm³/mol. The zero-order chi connectivity index (χ0) is 47.5. The molecule has 0 spiro atoms. The molecule has 0 fully saturated rings. The molecular formula is C61H35F3N6. The molecule has 0 bridgehead atoms. The maximum absolute atomic E-state index is 14.6. The van der Waals surface area contributed by atoms with Gasteiger partial charge in [-0.05, 0) is 102 Å². The summed E-state index contributed by atoms with van der Waals surface area (Å²) >= 11 is 0. The van der Waals surface area contributed by atoms with E-state index in [4.69, 9.17) is 16.5 Å². The zero-order valence-corrected chi connectivity index (χ0v) is 37.0. The summed E-state index contributed by atoms with van der Waals surface area (Å²) in [5.41, 5.74) is 10.9. The number of para-hydroxylation sites is 2. The Kier molecular flexibility index (Phi) is 9.94. The molecule has 0 aliphatic rings. The molecule has 0 saturated heterocycles. The highest BCUT2D eigenvalue weighted by molar-refractivity contribution is 6.12. The van der Waals surface area contributed by atoms with Gasteiger partial charge in [-0.15, -0.1) is 0 Å². The Morgan fingerprint density at radius 2 is 0.843 bits per heavy atom. The minimum atomic E-state index is -4.71. The second-order valence-electron chi connectivity index (χ2n) is 17.1. The maximum Gasteiger partial charge on any atom is 0.415 e. The van der Waals surface area contributed by atoms with Crippen LogP contribution in [-0.2, 0) is 6.18 Å². The number of nitriles is 1. The van der Waals surface area contributed by atoms with Gasteiger partial charge < -0.3 is 9.13 Å². The quantitative estimate of drug-likeness (QED) is 0.150. The molecule has 0 radical (unpaired) electrons. The number of fused-ring (bicyclic) bond motifs is 6. The first-order valence-electron chi connectivity index (χ1n) is 22.6. The summed E-state index contributed by atoms with van der Waals surface area (Å²) in [4.78, 5) is 13.6. The predicted octanol–water partition coefficient (Wildman–Crippen LogP) is 16.4. The first-order chi connectivity index (χ1) is 34.2. The molecule has 0 saturated carbocycles. The van der Waals surface area contributed by atoms with Crippen molar-refractivity contribution in [1.82, 2.24) is 19.1 Å².